The van der Waals surface area contributed by atoms with Gasteiger partial charge in [0.2, 0.25) is 5.91 Å². The van der Waals surface area contributed by atoms with E-state index in [1.807, 2.05) is 0 Å². The number of nitriles is 1. The molecule has 3 nitrogen and oxygen atoms in total. The molecule has 5 heteroatoms. The minimum atomic E-state index is -0.608. The smallest absolute Gasteiger partial charge is 0.228 e. The summed E-state index contributed by atoms with van der Waals surface area (Å²) in [5, 5.41) is 11.9. The fourth-order valence-corrected chi connectivity index (χ4v) is 1.81. The summed E-state index contributed by atoms with van der Waals surface area (Å²) in [6.07, 6.45) is 0.177. The van der Waals surface area contributed by atoms with Gasteiger partial charge in [-0.25, -0.2) is 4.39 Å². The Labute approximate surface area is 120 Å². The number of nitrogens with zero attached hydrogens (tertiary/aromatic N) is 1. The summed E-state index contributed by atoms with van der Waals surface area (Å²) >= 11 is 5.76. The van der Waals surface area contributed by atoms with Crippen molar-refractivity contribution in [3.05, 3.63) is 64.4 Å². The van der Waals surface area contributed by atoms with Crippen molar-refractivity contribution in [3.63, 3.8) is 0 Å². The second-order valence-electron chi connectivity index (χ2n) is 4.16. The fourth-order valence-electron chi connectivity index (χ4n) is 1.68. The van der Waals surface area contributed by atoms with Crippen LogP contribution in [0.3, 0.4) is 0 Å². The number of carbonyl (C=O) groups excluding carboxylic acids is 1. The predicted molar refractivity (Wildman–Crippen MR) is 74.9 cm³/mol. The number of hydrogen-bond acceptors (Lipinski definition) is 2. The number of hydrogen-bond donors (Lipinski definition) is 1. The Hall–Kier alpha value is -2.38. The Morgan fingerprint density at radius 1 is 1.25 bits per heavy atom. The van der Waals surface area contributed by atoms with Gasteiger partial charge in [-0.2, -0.15) is 5.26 Å². The van der Waals surface area contributed by atoms with Crippen LogP contribution in [0.15, 0.2) is 42.5 Å². The average molecular weight is 289 g/mol. The summed E-state index contributed by atoms with van der Waals surface area (Å²) in [6, 6.07) is 12.5. The zero-order valence-corrected chi connectivity index (χ0v) is 11.1. The third-order valence-electron chi connectivity index (χ3n) is 2.65. The molecular formula is C15H10ClFN2O. The normalized spacial score (nSPS) is 9.85. The van der Waals surface area contributed by atoms with Gasteiger partial charge in [0.15, 0.2) is 0 Å². The van der Waals surface area contributed by atoms with Crippen molar-refractivity contribution in [2.24, 2.45) is 0 Å². The largest absolute Gasteiger partial charge is 0.326 e. The summed E-state index contributed by atoms with van der Waals surface area (Å²) in [7, 11) is 0. The number of nitrogens with one attached hydrogen (secondary N) is 1. The molecule has 100 valence electrons. The van der Waals surface area contributed by atoms with Gasteiger partial charge >= 0.3 is 0 Å². The minimum absolute atomic E-state index is 0.103. The van der Waals surface area contributed by atoms with Crippen LogP contribution in [-0.2, 0) is 11.2 Å². The van der Waals surface area contributed by atoms with E-state index in [1.54, 1.807) is 30.3 Å². The summed E-state index contributed by atoms with van der Waals surface area (Å²) in [6.45, 7) is 0. The standard InChI is InChI=1S/C15H10ClFN2O/c16-12-3-1-10(2-4-12)7-15(20)19-13-5-6-14(17)11(8-13)9-18/h1-6,8H,7H2,(H,19,20). The minimum Gasteiger partial charge on any atom is -0.326 e. The number of benzene rings is 2. The van der Waals surface area contributed by atoms with E-state index in [1.165, 1.54) is 12.1 Å². The molecule has 0 saturated carbocycles. The molecule has 2 aromatic carbocycles. The molecule has 0 spiro atoms. The summed E-state index contributed by atoms with van der Waals surface area (Å²) in [5.41, 5.74) is 1.10. The summed E-state index contributed by atoms with van der Waals surface area (Å²) in [5.74, 6) is -0.856. The van der Waals surface area contributed by atoms with Crippen molar-refractivity contribution in [3.8, 4) is 6.07 Å². The quantitative estimate of drug-likeness (QED) is 0.939. The molecule has 0 aliphatic carbocycles. The van der Waals surface area contributed by atoms with Crippen LogP contribution in [-0.4, -0.2) is 5.91 Å². The van der Waals surface area contributed by atoms with E-state index in [4.69, 9.17) is 16.9 Å². The van der Waals surface area contributed by atoms with E-state index in [9.17, 15) is 9.18 Å². The highest BCUT2D eigenvalue weighted by molar-refractivity contribution is 6.30. The first kappa shape index (κ1) is 14.0. The number of halogens is 2. The molecule has 1 N–H and O–H groups in total. The first-order valence-electron chi connectivity index (χ1n) is 5.82. The van der Waals surface area contributed by atoms with Gasteiger partial charge in [0, 0.05) is 10.7 Å². The van der Waals surface area contributed by atoms with E-state index in [2.05, 4.69) is 5.32 Å². The highest BCUT2D eigenvalue weighted by atomic mass is 35.5. The Kier molecular flexibility index (Phi) is 4.34. The molecule has 1 amide bonds. The Morgan fingerprint density at radius 3 is 2.60 bits per heavy atom. The number of rotatable bonds is 3. The SMILES string of the molecule is N#Cc1cc(NC(=O)Cc2ccc(Cl)cc2)ccc1F. The van der Waals surface area contributed by atoms with Crippen molar-refractivity contribution >= 4 is 23.2 Å². The maximum atomic E-state index is 13.1. The molecule has 2 aromatic rings. The van der Waals surface area contributed by atoms with Crippen LogP contribution in [0.25, 0.3) is 0 Å². The molecule has 0 aliphatic rings. The first-order chi connectivity index (χ1) is 9.58. The van der Waals surface area contributed by atoms with Crippen LogP contribution < -0.4 is 5.32 Å². The van der Waals surface area contributed by atoms with E-state index < -0.39 is 5.82 Å². The lowest BCUT2D eigenvalue weighted by atomic mass is 10.1. The van der Waals surface area contributed by atoms with E-state index >= 15 is 0 Å². The van der Waals surface area contributed by atoms with Crippen molar-refractivity contribution in [2.45, 2.75) is 6.42 Å². The van der Waals surface area contributed by atoms with Crippen molar-refractivity contribution in [1.82, 2.24) is 0 Å². The Bertz CT molecular complexity index is 677. The lowest BCUT2D eigenvalue weighted by Crippen LogP contribution is -2.14. The molecular weight excluding hydrogens is 279 g/mol. The molecule has 2 rings (SSSR count). The second-order valence-corrected chi connectivity index (χ2v) is 4.59. The summed E-state index contributed by atoms with van der Waals surface area (Å²) < 4.78 is 13.1. The van der Waals surface area contributed by atoms with Gasteiger partial charge in [0.25, 0.3) is 0 Å². The van der Waals surface area contributed by atoms with Crippen LogP contribution in [0.5, 0.6) is 0 Å². The average Bonchev–Trinajstić information content (AvgIpc) is 2.43. The van der Waals surface area contributed by atoms with Crippen LogP contribution in [0.1, 0.15) is 11.1 Å². The number of amides is 1. The zero-order chi connectivity index (χ0) is 14.5. The maximum Gasteiger partial charge on any atom is 0.228 e. The van der Waals surface area contributed by atoms with Gasteiger partial charge in [-0.1, -0.05) is 23.7 Å². The third-order valence-corrected chi connectivity index (χ3v) is 2.90. The van der Waals surface area contributed by atoms with Gasteiger partial charge in [-0.3, -0.25) is 4.79 Å². The van der Waals surface area contributed by atoms with Crippen molar-refractivity contribution in [2.75, 3.05) is 5.32 Å². The number of carbonyl (C=O) groups is 1. The van der Waals surface area contributed by atoms with Gasteiger partial charge in [0.05, 0.1) is 12.0 Å². The van der Waals surface area contributed by atoms with E-state index in [0.717, 1.165) is 11.6 Å². The molecule has 0 bridgehead atoms. The molecule has 0 aliphatic heterocycles. The highest BCUT2D eigenvalue weighted by Crippen LogP contribution is 2.15. The number of anilines is 1. The molecule has 0 saturated heterocycles. The monoisotopic (exact) mass is 288 g/mol. The maximum absolute atomic E-state index is 13.1. The van der Waals surface area contributed by atoms with E-state index in [0.29, 0.717) is 10.7 Å². The lowest BCUT2D eigenvalue weighted by Gasteiger charge is -2.06. The fraction of sp³-hybridized carbons (Fsp3) is 0.0667. The van der Waals surface area contributed by atoms with Gasteiger partial charge < -0.3 is 5.32 Å². The van der Waals surface area contributed by atoms with Crippen LogP contribution in [0.4, 0.5) is 10.1 Å². The lowest BCUT2D eigenvalue weighted by molar-refractivity contribution is -0.115. The highest BCUT2D eigenvalue weighted by Gasteiger charge is 2.07. The van der Waals surface area contributed by atoms with Crippen LogP contribution in [0, 0.1) is 17.1 Å². The molecule has 0 unspecified atom stereocenters. The Balaban J connectivity index is 2.05. The van der Waals surface area contributed by atoms with Crippen molar-refractivity contribution < 1.29 is 9.18 Å². The first-order valence-corrected chi connectivity index (χ1v) is 6.20. The van der Waals surface area contributed by atoms with Gasteiger partial charge in [0.1, 0.15) is 11.9 Å². The predicted octanol–water partition coefficient (Wildman–Crippen LogP) is 3.53. The molecule has 0 fully saturated rings. The van der Waals surface area contributed by atoms with Crippen LogP contribution in [0.2, 0.25) is 5.02 Å². The molecule has 0 heterocycles. The summed E-state index contributed by atoms with van der Waals surface area (Å²) in [4.78, 5) is 11.8. The topological polar surface area (TPSA) is 52.9 Å². The third kappa shape index (κ3) is 3.56. The molecule has 0 aromatic heterocycles. The van der Waals surface area contributed by atoms with Gasteiger partial charge in [-0.15, -0.1) is 0 Å². The van der Waals surface area contributed by atoms with E-state index in [-0.39, 0.29) is 17.9 Å². The zero-order valence-electron chi connectivity index (χ0n) is 10.4. The molecule has 0 radical (unpaired) electrons. The van der Waals surface area contributed by atoms with Gasteiger partial charge in [-0.05, 0) is 35.9 Å². The Morgan fingerprint density at radius 2 is 1.95 bits per heavy atom. The molecule has 20 heavy (non-hydrogen) atoms. The second kappa shape index (κ2) is 6.18. The van der Waals surface area contributed by atoms with Crippen LogP contribution >= 0.6 is 11.6 Å². The molecule has 0 atom stereocenters. The van der Waals surface area contributed by atoms with Crippen molar-refractivity contribution in [1.29, 1.82) is 5.26 Å².